The molecule has 8 heteroatoms. The van der Waals surface area contributed by atoms with Gasteiger partial charge in [-0.3, -0.25) is 0 Å². The number of nitrogens with one attached hydrogen (secondary N) is 1. The van der Waals surface area contributed by atoms with Crippen LogP contribution in [0.2, 0.25) is 5.02 Å². The van der Waals surface area contributed by atoms with Crippen molar-refractivity contribution in [3.05, 3.63) is 28.8 Å². The number of alkyl halides is 2. The van der Waals surface area contributed by atoms with Crippen LogP contribution < -0.4 is 11.1 Å². The smallest absolute Gasteiger partial charge is 0.408 e. The van der Waals surface area contributed by atoms with E-state index in [1.807, 2.05) is 5.32 Å². The fraction of sp³-hybridized carbons (Fsp3) is 0.300. The third-order valence-electron chi connectivity index (χ3n) is 2.44. The molecule has 1 aliphatic heterocycles. The number of cyclic esters (lactones) is 1. The van der Waals surface area contributed by atoms with E-state index in [2.05, 4.69) is 4.74 Å². The van der Waals surface area contributed by atoms with Crippen molar-refractivity contribution in [1.82, 2.24) is 5.32 Å². The molecule has 2 rings (SSSR count). The third kappa shape index (κ3) is 2.76. The van der Waals surface area contributed by atoms with Gasteiger partial charge < -0.3 is 15.8 Å². The molecular formula is C10H10Cl2F2N2O2. The van der Waals surface area contributed by atoms with E-state index in [0.29, 0.717) is 0 Å². The molecule has 1 fully saturated rings. The number of rotatable bonds is 1. The third-order valence-corrected chi connectivity index (χ3v) is 2.68. The van der Waals surface area contributed by atoms with Crippen LogP contribution in [0.1, 0.15) is 11.6 Å². The maximum absolute atomic E-state index is 13.6. The van der Waals surface area contributed by atoms with Gasteiger partial charge >= 0.3 is 12.0 Å². The molecule has 1 aliphatic rings. The number of ether oxygens (including phenoxy) is 1. The Bertz CT molecular complexity index is 471. The van der Waals surface area contributed by atoms with E-state index in [1.54, 1.807) is 0 Å². The zero-order chi connectivity index (χ0) is 12.6. The lowest BCUT2D eigenvalue weighted by Gasteiger charge is -2.32. The summed E-state index contributed by atoms with van der Waals surface area (Å²) in [7, 11) is 0. The second kappa shape index (κ2) is 5.16. The summed E-state index contributed by atoms with van der Waals surface area (Å²) in [6.45, 7) is -0.977. The summed E-state index contributed by atoms with van der Waals surface area (Å²) in [5.74, 6) is -3.23. The maximum Gasteiger partial charge on any atom is 0.408 e. The van der Waals surface area contributed by atoms with Gasteiger partial charge in [0.1, 0.15) is 6.04 Å². The largest absolute Gasteiger partial charge is 0.443 e. The Labute approximate surface area is 113 Å². The molecule has 1 aromatic rings. The average molecular weight is 299 g/mol. The quantitative estimate of drug-likeness (QED) is 0.784. The van der Waals surface area contributed by atoms with Crippen LogP contribution in [0, 0.1) is 0 Å². The van der Waals surface area contributed by atoms with Gasteiger partial charge in [-0.1, -0.05) is 11.6 Å². The molecule has 0 radical (unpaired) electrons. The number of amides is 1. The van der Waals surface area contributed by atoms with Crippen molar-refractivity contribution in [2.45, 2.75) is 12.0 Å². The van der Waals surface area contributed by atoms with Gasteiger partial charge in [-0.05, 0) is 18.2 Å². The number of halogens is 4. The molecule has 4 nitrogen and oxygen atoms in total. The highest BCUT2D eigenvalue weighted by molar-refractivity contribution is 6.30. The highest BCUT2D eigenvalue weighted by atomic mass is 35.5. The molecule has 0 unspecified atom stereocenters. The molecule has 1 atom stereocenters. The summed E-state index contributed by atoms with van der Waals surface area (Å²) < 4.78 is 31.4. The van der Waals surface area contributed by atoms with Gasteiger partial charge in [0, 0.05) is 16.3 Å². The van der Waals surface area contributed by atoms with E-state index in [0.717, 1.165) is 0 Å². The monoisotopic (exact) mass is 298 g/mol. The summed E-state index contributed by atoms with van der Waals surface area (Å²) in [6.07, 6.45) is -0.902. The number of alkyl carbamates (subject to hydrolysis) is 1. The van der Waals surface area contributed by atoms with Gasteiger partial charge in [0.25, 0.3) is 0 Å². The van der Waals surface area contributed by atoms with Gasteiger partial charge in [-0.25, -0.2) is 13.6 Å². The van der Waals surface area contributed by atoms with E-state index in [4.69, 9.17) is 17.3 Å². The first-order valence-electron chi connectivity index (χ1n) is 4.76. The minimum absolute atomic E-state index is 0. The van der Waals surface area contributed by atoms with Crippen molar-refractivity contribution in [3.63, 3.8) is 0 Å². The lowest BCUT2D eigenvalue weighted by atomic mass is 9.98. The zero-order valence-corrected chi connectivity index (χ0v) is 10.5. The number of carbonyl (C=O) groups is 1. The number of anilines is 1. The Kier molecular flexibility index (Phi) is 4.24. The second-order valence-corrected chi connectivity index (χ2v) is 4.12. The molecule has 1 amide bonds. The van der Waals surface area contributed by atoms with Crippen molar-refractivity contribution >= 4 is 35.8 Å². The van der Waals surface area contributed by atoms with Crippen LogP contribution in [0.3, 0.4) is 0 Å². The van der Waals surface area contributed by atoms with E-state index >= 15 is 0 Å². The SMILES string of the molecule is Cl.Nc1ccc(Cl)cc1[C@@H]1NC(=O)OCC1(F)F. The van der Waals surface area contributed by atoms with E-state index in [1.165, 1.54) is 18.2 Å². The number of carbonyl (C=O) groups excluding carboxylic acids is 1. The normalized spacial score (nSPS) is 21.5. The molecule has 3 N–H and O–H groups in total. The molecule has 1 heterocycles. The van der Waals surface area contributed by atoms with Gasteiger partial charge in [0.2, 0.25) is 0 Å². The summed E-state index contributed by atoms with van der Waals surface area (Å²) >= 11 is 5.72. The topological polar surface area (TPSA) is 64.3 Å². The molecule has 0 spiro atoms. The van der Waals surface area contributed by atoms with Crippen LogP contribution in [0.25, 0.3) is 0 Å². The lowest BCUT2D eigenvalue weighted by Crippen LogP contribution is -2.49. The number of benzene rings is 1. The first-order valence-corrected chi connectivity index (χ1v) is 5.14. The molecule has 0 aromatic heterocycles. The lowest BCUT2D eigenvalue weighted by molar-refractivity contribution is -0.104. The first-order chi connectivity index (χ1) is 7.90. The Morgan fingerprint density at radius 3 is 2.83 bits per heavy atom. The number of nitrogens with two attached hydrogens (primary N) is 1. The Morgan fingerprint density at radius 1 is 1.50 bits per heavy atom. The summed E-state index contributed by atoms with van der Waals surface area (Å²) in [6, 6.07) is 2.68. The number of nitrogen functional groups attached to an aromatic ring is 1. The van der Waals surface area contributed by atoms with E-state index in [-0.39, 0.29) is 28.7 Å². The second-order valence-electron chi connectivity index (χ2n) is 3.69. The molecular weight excluding hydrogens is 289 g/mol. The van der Waals surface area contributed by atoms with Crippen LogP contribution in [-0.2, 0) is 4.74 Å². The van der Waals surface area contributed by atoms with Crippen molar-refractivity contribution in [3.8, 4) is 0 Å². The zero-order valence-electron chi connectivity index (χ0n) is 8.95. The summed E-state index contributed by atoms with van der Waals surface area (Å²) in [5.41, 5.74) is 5.83. The predicted molar refractivity (Wildman–Crippen MR) is 65.3 cm³/mol. The fourth-order valence-electron chi connectivity index (χ4n) is 1.61. The maximum atomic E-state index is 13.6. The highest BCUT2D eigenvalue weighted by Gasteiger charge is 2.47. The van der Waals surface area contributed by atoms with Gasteiger partial charge in [-0.15, -0.1) is 12.4 Å². The minimum Gasteiger partial charge on any atom is -0.443 e. The van der Waals surface area contributed by atoms with E-state index in [9.17, 15) is 13.6 Å². The molecule has 1 saturated heterocycles. The van der Waals surface area contributed by atoms with Crippen LogP contribution in [0.5, 0.6) is 0 Å². The minimum atomic E-state index is -3.23. The predicted octanol–water partition coefficient (Wildman–Crippen LogP) is 2.76. The highest BCUT2D eigenvalue weighted by Crippen LogP contribution is 2.37. The van der Waals surface area contributed by atoms with Crippen LogP contribution in [0.15, 0.2) is 18.2 Å². The number of hydrogen-bond donors (Lipinski definition) is 2. The van der Waals surface area contributed by atoms with Crippen LogP contribution in [0.4, 0.5) is 19.3 Å². The van der Waals surface area contributed by atoms with Crippen molar-refractivity contribution in [2.75, 3.05) is 12.3 Å². The van der Waals surface area contributed by atoms with Crippen LogP contribution in [-0.4, -0.2) is 18.6 Å². The number of hydrogen-bond acceptors (Lipinski definition) is 3. The van der Waals surface area contributed by atoms with Crippen molar-refractivity contribution in [1.29, 1.82) is 0 Å². The van der Waals surface area contributed by atoms with Gasteiger partial charge in [0.15, 0.2) is 6.61 Å². The summed E-state index contributed by atoms with van der Waals surface area (Å²) in [4.78, 5) is 11.0. The Hall–Kier alpha value is -1.27. The molecule has 0 aliphatic carbocycles. The summed E-state index contributed by atoms with van der Waals surface area (Å²) in [5, 5.41) is 2.31. The molecule has 18 heavy (non-hydrogen) atoms. The van der Waals surface area contributed by atoms with E-state index < -0.39 is 24.7 Å². The Balaban J connectivity index is 0.00000162. The van der Waals surface area contributed by atoms with Crippen molar-refractivity contribution in [2.24, 2.45) is 0 Å². The molecule has 100 valence electrons. The fourth-order valence-corrected chi connectivity index (χ4v) is 1.79. The molecule has 0 bridgehead atoms. The first kappa shape index (κ1) is 14.8. The molecule has 0 saturated carbocycles. The Morgan fingerprint density at radius 2 is 2.17 bits per heavy atom. The standard InChI is InChI=1S/C10H9ClF2N2O2.ClH/c11-5-1-2-7(14)6(3-5)8-10(12,13)4-17-9(16)15-8;/h1-3,8H,4,14H2,(H,15,16);1H/t8-;/m0./s1. The van der Waals surface area contributed by atoms with Crippen molar-refractivity contribution < 1.29 is 18.3 Å². The van der Waals surface area contributed by atoms with Gasteiger partial charge in [-0.2, -0.15) is 0 Å². The van der Waals surface area contributed by atoms with Gasteiger partial charge in [0.05, 0.1) is 0 Å². The average Bonchev–Trinajstić information content (AvgIpc) is 2.26. The van der Waals surface area contributed by atoms with Crippen LogP contribution >= 0.6 is 24.0 Å². The molecule has 1 aromatic carbocycles.